The average molecular weight is 291 g/mol. The Morgan fingerprint density at radius 1 is 1.29 bits per heavy atom. The standard InChI is InChI=1S/C18H29NO2/c1-5-14-9-11-15(12-10-14)19(3)16-7-6-8-17(21-4)18(16)13(2)20/h6-8,13-15,20H,5,9-12H2,1-4H3/t13-,14?,15?/m1/s1. The van der Waals surface area contributed by atoms with Gasteiger partial charge < -0.3 is 14.7 Å². The van der Waals surface area contributed by atoms with E-state index in [9.17, 15) is 5.11 Å². The second-order valence-electron chi connectivity index (χ2n) is 6.26. The number of aliphatic hydroxyl groups excluding tert-OH is 1. The third-order valence-corrected chi connectivity index (χ3v) is 5.00. The van der Waals surface area contributed by atoms with Gasteiger partial charge in [0.15, 0.2) is 0 Å². The van der Waals surface area contributed by atoms with Gasteiger partial charge in [-0.2, -0.15) is 0 Å². The van der Waals surface area contributed by atoms with Gasteiger partial charge in [-0.3, -0.25) is 0 Å². The van der Waals surface area contributed by atoms with Gasteiger partial charge in [-0.15, -0.1) is 0 Å². The molecule has 1 fully saturated rings. The Labute approximate surface area is 128 Å². The van der Waals surface area contributed by atoms with Gasteiger partial charge in [0.1, 0.15) is 5.75 Å². The molecular formula is C18H29NO2. The van der Waals surface area contributed by atoms with Gasteiger partial charge >= 0.3 is 0 Å². The minimum absolute atomic E-state index is 0.523. The molecule has 1 aliphatic carbocycles. The molecule has 1 saturated carbocycles. The van der Waals surface area contributed by atoms with Crippen molar-refractivity contribution in [2.75, 3.05) is 19.1 Å². The van der Waals surface area contributed by atoms with Crippen LogP contribution < -0.4 is 9.64 Å². The van der Waals surface area contributed by atoms with Gasteiger partial charge in [0.2, 0.25) is 0 Å². The molecule has 118 valence electrons. The van der Waals surface area contributed by atoms with Crippen molar-refractivity contribution in [3.63, 3.8) is 0 Å². The maximum absolute atomic E-state index is 10.1. The van der Waals surface area contributed by atoms with Gasteiger partial charge in [-0.25, -0.2) is 0 Å². The monoisotopic (exact) mass is 291 g/mol. The largest absolute Gasteiger partial charge is 0.496 e. The second-order valence-corrected chi connectivity index (χ2v) is 6.26. The van der Waals surface area contributed by atoms with Crippen molar-refractivity contribution in [1.82, 2.24) is 0 Å². The molecule has 0 aliphatic heterocycles. The van der Waals surface area contributed by atoms with Crippen molar-refractivity contribution in [1.29, 1.82) is 0 Å². The van der Waals surface area contributed by atoms with Crippen molar-refractivity contribution < 1.29 is 9.84 Å². The highest BCUT2D eigenvalue weighted by molar-refractivity contribution is 5.60. The SMILES string of the molecule is CCC1CCC(N(C)c2cccc(OC)c2[C@@H](C)O)CC1. The zero-order valence-electron chi connectivity index (χ0n) is 13.8. The van der Waals surface area contributed by atoms with Gasteiger partial charge in [0.25, 0.3) is 0 Å². The fourth-order valence-corrected chi connectivity index (χ4v) is 3.57. The average Bonchev–Trinajstić information content (AvgIpc) is 2.53. The summed E-state index contributed by atoms with van der Waals surface area (Å²) in [5.41, 5.74) is 2.00. The summed E-state index contributed by atoms with van der Waals surface area (Å²) in [6, 6.07) is 6.59. The lowest BCUT2D eigenvalue weighted by atomic mass is 9.84. The highest BCUT2D eigenvalue weighted by atomic mass is 16.5. The number of hydrogen-bond donors (Lipinski definition) is 1. The van der Waals surface area contributed by atoms with Crippen LogP contribution in [0.25, 0.3) is 0 Å². The van der Waals surface area contributed by atoms with E-state index in [-0.39, 0.29) is 0 Å². The van der Waals surface area contributed by atoms with E-state index >= 15 is 0 Å². The van der Waals surface area contributed by atoms with Crippen LogP contribution in [0, 0.1) is 5.92 Å². The first kappa shape index (κ1) is 16.2. The molecule has 1 aromatic rings. The zero-order valence-corrected chi connectivity index (χ0v) is 13.8. The molecule has 21 heavy (non-hydrogen) atoms. The van der Waals surface area contributed by atoms with Crippen molar-refractivity contribution in [3.8, 4) is 5.75 Å². The first-order valence-corrected chi connectivity index (χ1v) is 8.16. The lowest BCUT2D eigenvalue weighted by Gasteiger charge is -2.37. The summed E-state index contributed by atoms with van der Waals surface area (Å²) in [6.07, 6.45) is 5.90. The molecule has 0 radical (unpaired) electrons. The quantitative estimate of drug-likeness (QED) is 0.884. The van der Waals surface area contributed by atoms with Crippen LogP contribution in [0.5, 0.6) is 5.75 Å². The number of rotatable bonds is 5. The van der Waals surface area contributed by atoms with Gasteiger partial charge in [-0.05, 0) is 50.7 Å². The molecule has 0 bridgehead atoms. The predicted molar refractivity (Wildman–Crippen MR) is 88.1 cm³/mol. The molecule has 3 heteroatoms. The highest BCUT2D eigenvalue weighted by Gasteiger charge is 2.26. The maximum atomic E-state index is 10.1. The number of anilines is 1. The number of nitrogens with zero attached hydrogens (tertiary/aromatic N) is 1. The summed E-state index contributed by atoms with van der Waals surface area (Å²) in [5.74, 6) is 1.67. The van der Waals surface area contributed by atoms with Gasteiger partial charge in [-0.1, -0.05) is 19.4 Å². The summed E-state index contributed by atoms with van der Waals surface area (Å²) in [6.45, 7) is 4.10. The summed E-state index contributed by atoms with van der Waals surface area (Å²) in [4.78, 5) is 2.34. The topological polar surface area (TPSA) is 32.7 Å². The molecule has 0 spiro atoms. The first-order valence-electron chi connectivity index (χ1n) is 8.16. The summed E-state index contributed by atoms with van der Waals surface area (Å²) < 4.78 is 5.43. The van der Waals surface area contributed by atoms with E-state index in [0.29, 0.717) is 6.04 Å². The van der Waals surface area contributed by atoms with Crippen molar-refractivity contribution in [2.24, 2.45) is 5.92 Å². The molecular weight excluding hydrogens is 262 g/mol. The van der Waals surface area contributed by atoms with E-state index in [1.807, 2.05) is 19.1 Å². The van der Waals surface area contributed by atoms with Crippen molar-refractivity contribution in [3.05, 3.63) is 23.8 Å². The van der Waals surface area contributed by atoms with Crippen LogP contribution in [-0.4, -0.2) is 25.3 Å². The Bertz CT molecular complexity index is 451. The van der Waals surface area contributed by atoms with E-state index in [1.54, 1.807) is 7.11 Å². The van der Waals surface area contributed by atoms with Crippen molar-refractivity contribution >= 4 is 5.69 Å². The number of methoxy groups -OCH3 is 1. The summed E-state index contributed by atoms with van der Waals surface area (Å²) >= 11 is 0. The van der Waals surface area contributed by atoms with Crippen LogP contribution in [0.1, 0.15) is 57.6 Å². The predicted octanol–water partition coefficient (Wildman–Crippen LogP) is 4.15. The Morgan fingerprint density at radius 2 is 1.95 bits per heavy atom. The van der Waals surface area contributed by atoms with E-state index < -0.39 is 6.10 Å². The number of ether oxygens (including phenoxy) is 1. The Kier molecular flexibility index (Phi) is 5.51. The fourth-order valence-electron chi connectivity index (χ4n) is 3.57. The number of hydrogen-bond acceptors (Lipinski definition) is 3. The molecule has 0 heterocycles. The Balaban J connectivity index is 2.21. The highest BCUT2D eigenvalue weighted by Crippen LogP contribution is 2.37. The molecule has 0 unspecified atom stereocenters. The molecule has 1 N–H and O–H groups in total. The smallest absolute Gasteiger partial charge is 0.126 e. The molecule has 1 aromatic carbocycles. The van der Waals surface area contributed by atoms with Gasteiger partial charge in [0, 0.05) is 24.3 Å². The Morgan fingerprint density at radius 3 is 2.48 bits per heavy atom. The third kappa shape index (κ3) is 3.52. The van der Waals surface area contributed by atoms with Crippen molar-refractivity contribution in [2.45, 2.75) is 58.1 Å². The molecule has 1 atom stereocenters. The fraction of sp³-hybridized carbons (Fsp3) is 0.667. The van der Waals surface area contributed by atoms with Gasteiger partial charge in [0.05, 0.1) is 13.2 Å². The Hall–Kier alpha value is -1.22. The minimum Gasteiger partial charge on any atom is -0.496 e. The minimum atomic E-state index is -0.523. The second kappa shape index (κ2) is 7.17. The normalized spacial score (nSPS) is 23.7. The van der Waals surface area contributed by atoms with Crippen LogP contribution in [0.15, 0.2) is 18.2 Å². The third-order valence-electron chi connectivity index (χ3n) is 5.00. The lowest BCUT2D eigenvalue weighted by molar-refractivity contribution is 0.194. The van der Waals surface area contributed by atoms with Crippen LogP contribution in [-0.2, 0) is 0 Å². The van der Waals surface area contributed by atoms with E-state index in [2.05, 4.69) is 24.9 Å². The van der Waals surface area contributed by atoms with Crippen LogP contribution in [0.4, 0.5) is 5.69 Å². The lowest BCUT2D eigenvalue weighted by Crippen LogP contribution is -2.35. The molecule has 1 aliphatic rings. The molecule has 0 saturated heterocycles. The summed E-state index contributed by atoms with van der Waals surface area (Å²) in [5, 5.41) is 10.1. The van der Waals surface area contributed by atoms with E-state index in [1.165, 1.54) is 32.1 Å². The molecule has 3 nitrogen and oxygen atoms in total. The zero-order chi connectivity index (χ0) is 15.4. The molecule has 0 aromatic heterocycles. The maximum Gasteiger partial charge on any atom is 0.126 e. The number of aliphatic hydroxyl groups is 1. The van der Waals surface area contributed by atoms with E-state index in [4.69, 9.17) is 4.74 Å². The van der Waals surface area contributed by atoms with Crippen LogP contribution in [0.2, 0.25) is 0 Å². The van der Waals surface area contributed by atoms with E-state index in [0.717, 1.165) is 22.9 Å². The molecule has 0 amide bonds. The van der Waals surface area contributed by atoms with Crippen LogP contribution >= 0.6 is 0 Å². The first-order chi connectivity index (χ1) is 10.1. The molecule has 2 rings (SSSR count). The number of benzene rings is 1. The summed E-state index contributed by atoms with van der Waals surface area (Å²) in [7, 11) is 3.81. The van der Waals surface area contributed by atoms with Crippen LogP contribution in [0.3, 0.4) is 0 Å².